The fourth-order valence-corrected chi connectivity index (χ4v) is 2.86. The monoisotopic (exact) mass is 292 g/mol. The van der Waals surface area contributed by atoms with Gasteiger partial charge in [0.25, 0.3) is 5.91 Å². The quantitative estimate of drug-likeness (QED) is 0.569. The van der Waals surface area contributed by atoms with Gasteiger partial charge in [-0.1, -0.05) is 13.8 Å². The minimum atomic E-state index is -0.127. The molecular weight excluding hydrogens is 268 g/mol. The molecule has 1 aliphatic heterocycles. The average Bonchev–Trinajstić information content (AvgIpc) is 2.54. The molecule has 1 aromatic rings. The van der Waals surface area contributed by atoms with E-state index in [2.05, 4.69) is 29.6 Å². The molecule has 2 heterocycles. The van der Waals surface area contributed by atoms with Crippen molar-refractivity contribution in [1.29, 1.82) is 0 Å². The summed E-state index contributed by atoms with van der Waals surface area (Å²) in [5.74, 6) is 5.29. The van der Waals surface area contributed by atoms with E-state index in [1.54, 1.807) is 18.5 Å². The molecule has 1 aliphatic rings. The number of anilines is 1. The molecule has 116 valence electrons. The molecule has 2 rings (SSSR count). The van der Waals surface area contributed by atoms with Gasteiger partial charge in [0, 0.05) is 18.8 Å². The number of aromatic nitrogens is 1. The lowest BCUT2D eigenvalue weighted by atomic mass is 9.86. The van der Waals surface area contributed by atoms with Crippen LogP contribution in [0.4, 0.5) is 5.69 Å². The zero-order chi connectivity index (χ0) is 15.3. The van der Waals surface area contributed by atoms with Gasteiger partial charge in [-0.2, -0.15) is 0 Å². The average molecular weight is 292 g/mol. The number of hydrazine groups is 1. The Kier molecular flexibility index (Phi) is 5.14. The second kappa shape index (κ2) is 6.87. The maximum absolute atomic E-state index is 12.4. The Bertz CT molecular complexity index is 488. The highest BCUT2D eigenvalue weighted by molar-refractivity contribution is 5.99. The summed E-state index contributed by atoms with van der Waals surface area (Å²) in [5, 5.41) is 3.09. The minimum absolute atomic E-state index is 0.108. The van der Waals surface area contributed by atoms with Gasteiger partial charge >= 0.3 is 0 Å². The van der Waals surface area contributed by atoms with Gasteiger partial charge in [-0.15, -0.1) is 0 Å². The number of carbonyl (C=O) groups excluding carboxylic acids is 1. The first-order chi connectivity index (χ1) is 10.1. The first-order valence-corrected chi connectivity index (χ1v) is 7.49. The Morgan fingerprint density at radius 1 is 1.52 bits per heavy atom. The molecule has 0 radical (unpaired) electrons. The highest BCUT2D eigenvalue weighted by Gasteiger charge is 2.35. The largest absolute Gasteiger partial charge is 0.375 e. The highest BCUT2D eigenvalue weighted by atomic mass is 16.5. The number of nitrogens with one attached hydrogen (secondary N) is 2. The summed E-state index contributed by atoms with van der Waals surface area (Å²) in [5.41, 5.74) is 3.44. The predicted molar refractivity (Wildman–Crippen MR) is 81.8 cm³/mol. The first kappa shape index (κ1) is 15.7. The van der Waals surface area contributed by atoms with Crippen LogP contribution in [0.1, 0.15) is 49.9 Å². The van der Waals surface area contributed by atoms with E-state index in [0.29, 0.717) is 17.9 Å². The number of nitrogens with zero attached hydrogens (tertiary/aromatic N) is 1. The smallest absolute Gasteiger partial charge is 0.253 e. The van der Waals surface area contributed by atoms with Crippen molar-refractivity contribution in [2.45, 2.75) is 51.2 Å². The molecule has 1 fully saturated rings. The summed E-state index contributed by atoms with van der Waals surface area (Å²) in [6.07, 6.45) is 6.73. The Hall–Kier alpha value is -1.66. The van der Waals surface area contributed by atoms with Crippen LogP contribution in [0.3, 0.4) is 0 Å². The van der Waals surface area contributed by atoms with Crippen LogP contribution in [-0.2, 0) is 4.74 Å². The van der Waals surface area contributed by atoms with E-state index in [1.165, 1.54) is 0 Å². The van der Waals surface area contributed by atoms with Gasteiger partial charge in [-0.25, -0.2) is 0 Å². The molecule has 6 nitrogen and oxygen atoms in total. The van der Waals surface area contributed by atoms with Gasteiger partial charge < -0.3 is 15.5 Å². The molecule has 0 aliphatic carbocycles. The second-order valence-electron chi connectivity index (χ2n) is 5.47. The van der Waals surface area contributed by atoms with Crippen molar-refractivity contribution < 1.29 is 9.53 Å². The lowest BCUT2D eigenvalue weighted by molar-refractivity contribution is -0.0917. The number of hydrogen-bond donors (Lipinski definition) is 3. The number of nitrogens with two attached hydrogens (primary N) is 1. The SMILES string of the molecule is CCC1(CC)CC(NC(=O)c2ccncc2NN)CCO1. The standard InChI is InChI=1S/C15H24N4O2/c1-3-15(4-2)9-11(6-8-21-15)18-14(20)12-5-7-17-10-13(12)19-16/h5,7,10-11,19H,3-4,6,8-9,16H2,1-2H3,(H,18,20). The zero-order valence-electron chi connectivity index (χ0n) is 12.7. The third-order valence-corrected chi connectivity index (χ3v) is 4.34. The molecule has 0 saturated carbocycles. The number of rotatable bonds is 5. The van der Waals surface area contributed by atoms with Crippen LogP contribution in [0.25, 0.3) is 0 Å². The van der Waals surface area contributed by atoms with Crippen molar-refractivity contribution in [3.8, 4) is 0 Å². The lowest BCUT2D eigenvalue weighted by Crippen LogP contribution is -2.48. The van der Waals surface area contributed by atoms with Gasteiger partial charge in [0.05, 0.1) is 23.0 Å². The van der Waals surface area contributed by atoms with Crippen LogP contribution in [-0.4, -0.2) is 29.1 Å². The van der Waals surface area contributed by atoms with Gasteiger partial charge in [0.2, 0.25) is 0 Å². The van der Waals surface area contributed by atoms with E-state index in [4.69, 9.17) is 10.6 Å². The van der Waals surface area contributed by atoms with E-state index in [0.717, 1.165) is 25.7 Å². The van der Waals surface area contributed by atoms with Gasteiger partial charge in [0.15, 0.2) is 0 Å². The number of carbonyl (C=O) groups is 1. The minimum Gasteiger partial charge on any atom is -0.375 e. The molecule has 21 heavy (non-hydrogen) atoms. The maximum Gasteiger partial charge on any atom is 0.253 e. The molecular formula is C15H24N4O2. The van der Waals surface area contributed by atoms with Crippen LogP contribution >= 0.6 is 0 Å². The number of ether oxygens (including phenoxy) is 1. The number of hydrogen-bond acceptors (Lipinski definition) is 5. The molecule has 0 aromatic carbocycles. The molecule has 1 saturated heterocycles. The summed E-state index contributed by atoms with van der Waals surface area (Å²) in [6.45, 7) is 4.95. The fraction of sp³-hybridized carbons (Fsp3) is 0.600. The van der Waals surface area contributed by atoms with Crippen LogP contribution < -0.4 is 16.6 Å². The molecule has 0 spiro atoms. The van der Waals surface area contributed by atoms with Gasteiger partial charge in [-0.3, -0.25) is 15.6 Å². The zero-order valence-corrected chi connectivity index (χ0v) is 12.7. The predicted octanol–water partition coefficient (Wildman–Crippen LogP) is 1.83. The van der Waals surface area contributed by atoms with Crippen LogP contribution in [0.15, 0.2) is 18.5 Å². The van der Waals surface area contributed by atoms with Crippen LogP contribution in [0, 0.1) is 0 Å². The van der Waals surface area contributed by atoms with Crippen molar-refractivity contribution >= 4 is 11.6 Å². The Labute approximate surface area is 125 Å². The molecule has 1 aromatic heterocycles. The molecule has 0 bridgehead atoms. The number of amides is 1. The Balaban J connectivity index is 2.05. The third kappa shape index (κ3) is 3.51. The highest BCUT2D eigenvalue weighted by Crippen LogP contribution is 2.31. The first-order valence-electron chi connectivity index (χ1n) is 7.49. The summed E-state index contributed by atoms with van der Waals surface area (Å²) in [7, 11) is 0. The molecule has 6 heteroatoms. The summed E-state index contributed by atoms with van der Waals surface area (Å²) < 4.78 is 5.93. The van der Waals surface area contributed by atoms with Crippen molar-refractivity contribution in [1.82, 2.24) is 10.3 Å². The van der Waals surface area contributed by atoms with E-state index in [1.807, 2.05) is 0 Å². The van der Waals surface area contributed by atoms with Gasteiger partial charge in [-0.05, 0) is 31.7 Å². The maximum atomic E-state index is 12.4. The molecule has 1 atom stereocenters. The van der Waals surface area contributed by atoms with Crippen molar-refractivity contribution in [2.75, 3.05) is 12.0 Å². The van der Waals surface area contributed by atoms with Crippen molar-refractivity contribution in [3.63, 3.8) is 0 Å². The van der Waals surface area contributed by atoms with E-state index in [-0.39, 0.29) is 17.6 Å². The molecule has 1 amide bonds. The van der Waals surface area contributed by atoms with E-state index < -0.39 is 0 Å². The summed E-state index contributed by atoms with van der Waals surface area (Å²) >= 11 is 0. The third-order valence-electron chi connectivity index (χ3n) is 4.34. The topological polar surface area (TPSA) is 89.3 Å². The molecule has 4 N–H and O–H groups in total. The number of nitrogen functional groups attached to an aromatic ring is 1. The summed E-state index contributed by atoms with van der Waals surface area (Å²) in [4.78, 5) is 16.4. The Morgan fingerprint density at radius 3 is 2.95 bits per heavy atom. The number of pyridine rings is 1. The van der Waals surface area contributed by atoms with Crippen molar-refractivity contribution in [2.24, 2.45) is 5.84 Å². The fourth-order valence-electron chi connectivity index (χ4n) is 2.86. The van der Waals surface area contributed by atoms with E-state index >= 15 is 0 Å². The van der Waals surface area contributed by atoms with E-state index in [9.17, 15) is 4.79 Å². The van der Waals surface area contributed by atoms with Gasteiger partial charge in [0.1, 0.15) is 0 Å². The normalized spacial score (nSPS) is 20.8. The van der Waals surface area contributed by atoms with Crippen molar-refractivity contribution in [3.05, 3.63) is 24.0 Å². The van der Waals surface area contributed by atoms with Crippen LogP contribution in [0.5, 0.6) is 0 Å². The summed E-state index contributed by atoms with van der Waals surface area (Å²) in [6, 6.07) is 1.79. The Morgan fingerprint density at radius 2 is 2.29 bits per heavy atom. The lowest BCUT2D eigenvalue weighted by Gasteiger charge is -2.40. The second-order valence-corrected chi connectivity index (χ2v) is 5.47. The van der Waals surface area contributed by atoms with Crippen LogP contribution in [0.2, 0.25) is 0 Å². The molecule has 1 unspecified atom stereocenters.